The molecule has 0 saturated carbocycles. The normalized spacial score (nSPS) is 11.5. The average molecular weight is 300 g/mol. The van der Waals surface area contributed by atoms with Crippen LogP contribution < -0.4 is 5.32 Å². The van der Waals surface area contributed by atoms with E-state index in [1.165, 1.54) is 5.56 Å². The van der Waals surface area contributed by atoms with Crippen molar-refractivity contribution >= 4 is 21.9 Å². The minimum atomic E-state index is -0.772. The molecule has 0 amide bonds. The summed E-state index contributed by atoms with van der Waals surface area (Å²) in [6.07, 6.45) is 0.886. The Morgan fingerprint density at radius 1 is 1.41 bits per heavy atom. The van der Waals surface area contributed by atoms with E-state index in [2.05, 4.69) is 27.3 Å². The molecule has 0 saturated heterocycles. The van der Waals surface area contributed by atoms with Crippen molar-refractivity contribution in [1.82, 2.24) is 5.32 Å². The molecule has 0 bridgehead atoms. The summed E-state index contributed by atoms with van der Waals surface area (Å²) in [5.74, 6) is -0.772. The summed E-state index contributed by atoms with van der Waals surface area (Å²) >= 11 is 3.49. The Labute approximate surface area is 110 Å². The highest BCUT2D eigenvalue weighted by Crippen LogP contribution is 2.16. The van der Waals surface area contributed by atoms with Crippen LogP contribution in [0.3, 0.4) is 0 Å². The Hall–Kier alpha value is -0.870. The molecular weight excluding hydrogens is 282 g/mol. The zero-order chi connectivity index (χ0) is 12.9. The first-order valence-electron chi connectivity index (χ1n) is 5.61. The lowest BCUT2D eigenvalue weighted by Crippen LogP contribution is -2.36. The van der Waals surface area contributed by atoms with Gasteiger partial charge in [-0.3, -0.25) is 4.79 Å². The van der Waals surface area contributed by atoms with Crippen LogP contribution in [0, 0.1) is 5.41 Å². The number of halogens is 1. The molecule has 0 unspecified atom stereocenters. The summed E-state index contributed by atoms with van der Waals surface area (Å²) in [5.41, 5.74) is 0.515. The molecule has 0 fully saturated rings. The molecule has 4 heteroatoms. The predicted octanol–water partition coefficient (Wildman–Crippen LogP) is 2.69. The van der Waals surface area contributed by atoms with Gasteiger partial charge in [-0.2, -0.15) is 0 Å². The third-order valence-electron chi connectivity index (χ3n) is 2.67. The van der Waals surface area contributed by atoms with E-state index in [0.29, 0.717) is 6.54 Å². The molecule has 1 aromatic carbocycles. The maximum Gasteiger partial charge on any atom is 0.310 e. The number of hydrogen-bond donors (Lipinski definition) is 2. The second-order valence-electron chi connectivity index (χ2n) is 4.71. The second-order valence-corrected chi connectivity index (χ2v) is 5.56. The lowest BCUT2D eigenvalue weighted by atomic mass is 9.94. The van der Waals surface area contributed by atoms with E-state index < -0.39 is 11.4 Å². The van der Waals surface area contributed by atoms with Crippen LogP contribution in [0.2, 0.25) is 0 Å². The number of carboxylic acid groups (broad SMARTS) is 1. The van der Waals surface area contributed by atoms with Gasteiger partial charge in [0.2, 0.25) is 0 Å². The van der Waals surface area contributed by atoms with Crippen LogP contribution in [0.5, 0.6) is 0 Å². The number of nitrogens with one attached hydrogen (secondary N) is 1. The van der Waals surface area contributed by atoms with E-state index in [4.69, 9.17) is 5.11 Å². The number of carbonyl (C=O) groups is 1. The zero-order valence-corrected chi connectivity index (χ0v) is 11.8. The summed E-state index contributed by atoms with van der Waals surface area (Å²) in [6, 6.07) is 8.06. The fourth-order valence-electron chi connectivity index (χ4n) is 1.40. The van der Waals surface area contributed by atoms with Gasteiger partial charge in [0.1, 0.15) is 0 Å². The highest BCUT2D eigenvalue weighted by Gasteiger charge is 2.26. The van der Waals surface area contributed by atoms with Crippen molar-refractivity contribution in [3.63, 3.8) is 0 Å². The first-order valence-corrected chi connectivity index (χ1v) is 6.40. The van der Waals surface area contributed by atoms with E-state index in [1.807, 2.05) is 18.2 Å². The maximum absolute atomic E-state index is 10.9. The fraction of sp³-hybridized carbons (Fsp3) is 0.462. The molecule has 1 aromatic rings. The van der Waals surface area contributed by atoms with Gasteiger partial charge in [-0.05, 0) is 38.4 Å². The molecule has 0 aliphatic carbocycles. The summed E-state index contributed by atoms with van der Waals surface area (Å²) < 4.78 is 1.10. The van der Waals surface area contributed by atoms with Gasteiger partial charge >= 0.3 is 5.97 Å². The van der Waals surface area contributed by atoms with Crippen LogP contribution in [0.25, 0.3) is 0 Å². The fourth-order valence-corrected chi connectivity index (χ4v) is 1.88. The van der Waals surface area contributed by atoms with Crippen molar-refractivity contribution in [3.05, 3.63) is 34.3 Å². The van der Waals surface area contributed by atoms with Crippen molar-refractivity contribution in [3.8, 4) is 0 Å². The minimum Gasteiger partial charge on any atom is -0.481 e. The molecule has 0 aromatic heterocycles. The Kier molecular flexibility index (Phi) is 5.15. The number of hydrogen-bond acceptors (Lipinski definition) is 2. The maximum atomic E-state index is 10.9. The summed E-state index contributed by atoms with van der Waals surface area (Å²) in [7, 11) is 0. The van der Waals surface area contributed by atoms with Crippen LogP contribution in [0.4, 0.5) is 0 Å². The van der Waals surface area contributed by atoms with Gasteiger partial charge in [0.15, 0.2) is 0 Å². The smallest absolute Gasteiger partial charge is 0.310 e. The zero-order valence-electron chi connectivity index (χ0n) is 10.2. The van der Waals surface area contributed by atoms with Crippen molar-refractivity contribution in [2.24, 2.45) is 5.41 Å². The van der Waals surface area contributed by atoms with Crippen molar-refractivity contribution in [1.29, 1.82) is 0 Å². The van der Waals surface area contributed by atoms with E-state index >= 15 is 0 Å². The quantitative estimate of drug-likeness (QED) is 0.794. The third kappa shape index (κ3) is 4.48. The van der Waals surface area contributed by atoms with E-state index in [0.717, 1.165) is 17.4 Å². The van der Waals surface area contributed by atoms with Crippen molar-refractivity contribution in [2.45, 2.75) is 20.3 Å². The largest absolute Gasteiger partial charge is 0.481 e. The SMILES string of the molecule is CC(C)(CNCCc1ccccc1Br)C(=O)O. The Bertz CT molecular complexity index is 391. The number of carboxylic acids is 1. The van der Waals surface area contributed by atoms with Crippen LogP contribution in [-0.4, -0.2) is 24.2 Å². The number of aliphatic carboxylic acids is 1. The molecule has 0 spiro atoms. The van der Waals surface area contributed by atoms with Crippen LogP contribution in [-0.2, 0) is 11.2 Å². The molecule has 1 rings (SSSR count). The summed E-state index contributed by atoms with van der Waals surface area (Å²) in [5, 5.41) is 12.1. The van der Waals surface area contributed by atoms with Gasteiger partial charge in [0, 0.05) is 11.0 Å². The van der Waals surface area contributed by atoms with Crippen LogP contribution in [0.1, 0.15) is 19.4 Å². The first kappa shape index (κ1) is 14.2. The van der Waals surface area contributed by atoms with Crippen LogP contribution >= 0.6 is 15.9 Å². The predicted molar refractivity (Wildman–Crippen MR) is 72.1 cm³/mol. The topological polar surface area (TPSA) is 49.3 Å². The molecule has 2 N–H and O–H groups in total. The van der Waals surface area contributed by atoms with Gasteiger partial charge in [0.25, 0.3) is 0 Å². The van der Waals surface area contributed by atoms with E-state index in [-0.39, 0.29) is 0 Å². The van der Waals surface area contributed by atoms with Crippen molar-refractivity contribution < 1.29 is 9.90 Å². The standard InChI is InChI=1S/C13H18BrNO2/c1-13(2,12(16)17)9-15-8-7-10-5-3-4-6-11(10)14/h3-6,15H,7-9H2,1-2H3,(H,16,17). The highest BCUT2D eigenvalue weighted by molar-refractivity contribution is 9.10. The summed E-state index contributed by atoms with van der Waals surface area (Å²) in [4.78, 5) is 10.9. The van der Waals surface area contributed by atoms with Gasteiger partial charge in [0.05, 0.1) is 5.41 Å². The summed E-state index contributed by atoms with van der Waals surface area (Å²) in [6.45, 7) is 4.70. The average Bonchev–Trinajstić information content (AvgIpc) is 2.26. The monoisotopic (exact) mass is 299 g/mol. The molecular formula is C13H18BrNO2. The Balaban J connectivity index is 2.35. The van der Waals surface area contributed by atoms with Crippen LogP contribution in [0.15, 0.2) is 28.7 Å². The van der Waals surface area contributed by atoms with Gasteiger partial charge in [-0.25, -0.2) is 0 Å². The molecule has 94 valence electrons. The molecule has 0 radical (unpaired) electrons. The second kappa shape index (κ2) is 6.17. The van der Waals surface area contributed by atoms with Crippen molar-refractivity contribution in [2.75, 3.05) is 13.1 Å². The first-order chi connectivity index (χ1) is 7.93. The Morgan fingerprint density at radius 2 is 2.06 bits per heavy atom. The molecule has 0 aliphatic rings. The molecule has 0 heterocycles. The molecule has 0 aliphatic heterocycles. The molecule has 3 nitrogen and oxygen atoms in total. The lowest BCUT2D eigenvalue weighted by molar-refractivity contribution is -0.146. The number of rotatable bonds is 6. The highest BCUT2D eigenvalue weighted by atomic mass is 79.9. The van der Waals surface area contributed by atoms with E-state index in [1.54, 1.807) is 13.8 Å². The molecule has 0 atom stereocenters. The number of benzene rings is 1. The van der Waals surface area contributed by atoms with Gasteiger partial charge < -0.3 is 10.4 Å². The third-order valence-corrected chi connectivity index (χ3v) is 3.45. The van der Waals surface area contributed by atoms with Gasteiger partial charge in [-0.15, -0.1) is 0 Å². The van der Waals surface area contributed by atoms with E-state index in [9.17, 15) is 4.79 Å². The molecule has 17 heavy (non-hydrogen) atoms. The minimum absolute atomic E-state index is 0.479. The lowest BCUT2D eigenvalue weighted by Gasteiger charge is -2.19. The van der Waals surface area contributed by atoms with Gasteiger partial charge in [-0.1, -0.05) is 34.1 Å². The Morgan fingerprint density at radius 3 is 2.65 bits per heavy atom.